The van der Waals surface area contributed by atoms with Crippen LogP contribution >= 0.6 is 11.6 Å². The SMILES string of the molecule is C=C(C)N1CCN(C(=C)c2ccc3c(Cl)cc(C4=C/C(=C/N)C(=N)C=C4)nc3c2)CC1. The number of aromatic nitrogens is 1. The van der Waals surface area contributed by atoms with Crippen molar-refractivity contribution in [1.29, 1.82) is 5.41 Å². The molecule has 1 saturated heterocycles. The molecule has 2 aromatic rings. The molecule has 0 amide bonds. The molecular formula is C25H26ClN5. The number of piperazine rings is 1. The molecule has 5 nitrogen and oxygen atoms in total. The van der Waals surface area contributed by atoms with Crippen molar-refractivity contribution in [3.05, 3.63) is 89.4 Å². The number of benzene rings is 1. The monoisotopic (exact) mass is 431 g/mol. The molecule has 2 heterocycles. The first kappa shape index (κ1) is 20.9. The number of hydrogen-bond donors (Lipinski definition) is 2. The van der Waals surface area contributed by atoms with E-state index in [9.17, 15) is 0 Å². The summed E-state index contributed by atoms with van der Waals surface area (Å²) in [5.41, 5.74) is 12.3. The normalized spacial score (nSPS) is 17.9. The van der Waals surface area contributed by atoms with Crippen molar-refractivity contribution in [2.45, 2.75) is 6.92 Å². The van der Waals surface area contributed by atoms with Crippen LogP contribution in [-0.4, -0.2) is 46.7 Å². The number of hydrogen-bond acceptors (Lipinski definition) is 5. The van der Waals surface area contributed by atoms with Gasteiger partial charge in [-0.1, -0.05) is 43.0 Å². The smallest absolute Gasteiger partial charge is 0.0731 e. The van der Waals surface area contributed by atoms with Crippen LogP contribution in [0.15, 0.2) is 73.1 Å². The molecule has 1 fully saturated rings. The van der Waals surface area contributed by atoms with Crippen LogP contribution in [0, 0.1) is 5.41 Å². The van der Waals surface area contributed by atoms with Gasteiger partial charge < -0.3 is 20.9 Å². The molecule has 31 heavy (non-hydrogen) atoms. The highest BCUT2D eigenvalue weighted by molar-refractivity contribution is 6.35. The van der Waals surface area contributed by atoms with E-state index in [4.69, 9.17) is 27.7 Å². The Morgan fingerprint density at radius 3 is 2.52 bits per heavy atom. The van der Waals surface area contributed by atoms with Crippen molar-refractivity contribution in [2.75, 3.05) is 26.2 Å². The molecule has 1 aliphatic carbocycles. The summed E-state index contributed by atoms with van der Waals surface area (Å²) in [5.74, 6) is 0. The Kier molecular flexibility index (Phi) is 5.70. The predicted octanol–water partition coefficient (Wildman–Crippen LogP) is 4.83. The van der Waals surface area contributed by atoms with Crippen molar-refractivity contribution < 1.29 is 0 Å². The molecule has 0 unspecified atom stereocenters. The summed E-state index contributed by atoms with van der Waals surface area (Å²) in [6, 6.07) is 7.96. The van der Waals surface area contributed by atoms with Crippen LogP contribution in [-0.2, 0) is 0 Å². The average Bonchev–Trinajstić information content (AvgIpc) is 2.78. The third-order valence-corrected chi connectivity index (χ3v) is 6.13. The summed E-state index contributed by atoms with van der Waals surface area (Å²) < 4.78 is 0. The molecule has 6 heteroatoms. The molecule has 0 spiro atoms. The van der Waals surface area contributed by atoms with Gasteiger partial charge >= 0.3 is 0 Å². The van der Waals surface area contributed by atoms with Gasteiger partial charge in [-0.05, 0) is 36.8 Å². The second kappa shape index (κ2) is 8.44. The van der Waals surface area contributed by atoms with Crippen LogP contribution in [0.3, 0.4) is 0 Å². The van der Waals surface area contributed by atoms with Gasteiger partial charge in [0.25, 0.3) is 0 Å². The van der Waals surface area contributed by atoms with E-state index in [1.165, 1.54) is 6.20 Å². The average molecular weight is 432 g/mol. The van der Waals surface area contributed by atoms with Crippen molar-refractivity contribution in [1.82, 2.24) is 14.8 Å². The standard InChI is InChI=1S/C25H26ClN5/c1-16(2)30-8-10-31(11-9-30)17(3)18-4-6-21-22(26)14-24(29-25(21)13-18)19-5-7-23(28)20(12-19)15-27/h4-7,12-15,28H,1,3,8-11,27H2,2H3/b20-15-,28-23?. The molecule has 4 rings (SSSR count). The fraction of sp³-hybridized carbons (Fsp3) is 0.200. The maximum absolute atomic E-state index is 7.93. The Balaban J connectivity index is 1.65. The van der Waals surface area contributed by atoms with Crippen LogP contribution in [0.4, 0.5) is 0 Å². The fourth-order valence-corrected chi connectivity index (χ4v) is 4.18. The highest BCUT2D eigenvalue weighted by Gasteiger charge is 2.19. The first-order valence-electron chi connectivity index (χ1n) is 10.2. The Morgan fingerprint density at radius 2 is 1.84 bits per heavy atom. The number of nitrogens with two attached hydrogens (primary N) is 1. The lowest BCUT2D eigenvalue weighted by molar-refractivity contribution is 0.215. The Hall–Kier alpha value is -3.31. The van der Waals surface area contributed by atoms with Crippen molar-refractivity contribution in [3.63, 3.8) is 0 Å². The number of nitrogens with one attached hydrogen (secondary N) is 1. The van der Waals surface area contributed by atoms with Gasteiger partial charge in [-0.25, -0.2) is 4.98 Å². The topological polar surface area (TPSA) is 69.2 Å². The maximum atomic E-state index is 7.93. The van der Waals surface area contributed by atoms with E-state index in [1.807, 2.05) is 37.3 Å². The van der Waals surface area contributed by atoms with E-state index >= 15 is 0 Å². The Bertz CT molecular complexity index is 1180. The molecule has 0 radical (unpaired) electrons. The number of halogens is 1. The number of pyridine rings is 1. The lowest BCUT2D eigenvalue weighted by atomic mass is 9.98. The van der Waals surface area contributed by atoms with Crippen LogP contribution < -0.4 is 5.73 Å². The molecule has 0 atom stereocenters. The van der Waals surface area contributed by atoms with E-state index in [-0.39, 0.29) is 0 Å². The minimum absolute atomic E-state index is 0.378. The quantitative estimate of drug-likeness (QED) is 0.727. The zero-order chi connectivity index (χ0) is 22.1. The van der Waals surface area contributed by atoms with Gasteiger partial charge in [0.1, 0.15) is 0 Å². The highest BCUT2D eigenvalue weighted by Crippen LogP contribution is 2.31. The summed E-state index contributed by atoms with van der Waals surface area (Å²) in [7, 11) is 0. The van der Waals surface area contributed by atoms with Gasteiger partial charge in [0.15, 0.2) is 0 Å². The summed E-state index contributed by atoms with van der Waals surface area (Å²) in [5, 5.41) is 9.47. The maximum Gasteiger partial charge on any atom is 0.0731 e. The second-order valence-corrected chi connectivity index (χ2v) is 8.25. The van der Waals surface area contributed by atoms with E-state index < -0.39 is 0 Å². The third-order valence-electron chi connectivity index (χ3n) is 5.82. The zero-order valence-corrected chi connectivity index (χ0v) is 18.4. The summed E-state index contributed by atoms with van der Waals surface area (Å²) >= 11 is 6.59. The predicted molar refractivity (Wildman–Crippen MR) is 131 cm³/mol. The summed E-state index contributed by atoms with van der Waals surface area (Å²) in [6.07, 6.45) is 6.88. The van der Waals surface area contributed by atoms with Crippen molar-refractivity contribution in [3.8, 4) is 0 Å². The van der Waals surface area contributed by atoms with Gasteiger partial charge in [0.05, 0.1) is 21.9 Å². The second-order valence-electron chi connectivity index (χ2n) is 7.85. The van der Waals surface area contributed by atoms with Gasteiger partial charge in [0.2, 0.25) is 0 Å². The Labute approximate surface area is 188 Å². The van der Waals surface area contributed by atoms with Gasteiger partial charge in [-0.3, -0.25) is 0 Å². The molecule has 0 saturated carbocycles. The molecular weight excluding hydrogens is 406 g/mol. The molecule has 2 aliphatic rings. The van der Waals surface area contributed by atoms with E-state index in [2.05, 4.69) is 29.0 Å². The van der Waals surface area contributed by atoms with Crippen LogP contribution in [0.2, 0.25) is 5.02 Å². The molecule has 158 valence electrons. The number of fused-ring (bicyclic) bond motifs is 1. The summed E-state index contributed by atoms with van der Waals surface area (Å²) in [6.45, 7) is 14.2. The fourth-order valence-electron chi connectivity index (χ4n) is 3.91. The zero-order valence-electron chi connectivity index (χ0n) is 17.7. The summed E-state index contributed by atoms with van der Waals surface area (Å²) in [4.78, 5) is 9.46. The van der Waals surface area contributed by atoms with Crippen molar-refractivity contribution >= 4 is 39.5 Å². The number of allylic oxidation sites excluding steroid dienone is 6. The molecule has 0 bridgehead atoms. The molecule has 3 N–H and O–H groups in total. The van der Waals surface area contributed by atoms with E-state index in [1.54, 1.807) is 6.08 Å². The molecule has 1 aromatic carbocycles. The van der Waals surface area contributed by atoms with Crippen LogP contribution in [0.5, 0.6) is 0 Å². The largest absolute Gasteiger partial charge is 0.404 e. The number of rotatable bonds is 4. The van der Waals surface area contributed by atoms with E-state index in [0.29, 0.717) is 16.3 Å². The van der Waals surface area contributed by atoms with E-state index in [0.717, 1.165) is 65.3 Å². The van der Waals surface area contributed by atoms with Gasteiger partial charge in [0, 0.05) is 60.3 Å². The minimum Gasteiger partial charge on any atom is -0.404 e. The van der Waals surface area contributed by atoms with Crippen LogP contribution in [0.25, 0.3) is 22.2 Å². The Morgan fingerprint density at radius 1 is 1.13 bits per heavy atom. The van der Waals surface area contributed by atoms with Crippen LogP contribution in [0.1, 0.15) is 18.2 Å². The van der Waals surface area contributed by atoms with Gasteiger partial charge in [-0.15, -0.1) is 0 Å². The van der Waals surface area contributed by atoms with Crippen molar-refractivity contribution in [2.24, 2.45) is 5.73 Å². The van der Waals surface area contributed by atoms with Gasteiger partial charge in [-0.2, -0.15) is 0 Å². The number of nitrogens with zero attached hydrogens (tertiary/aromatic N) is 3. The lowest BCUT2D eigenvalue weighted by Gasteiger charge is -2.38. The molecule has 1 aliphatic heterocycles. The highest BCUT2D eigenvalue weighted by atomic mass is 35.5. The lowest BCUT2D eigenvalue weighted by Crippen LogP contribution is -2.44. The first-order chi connectivity index (χ1) is 14.9. The minimum atomic E-state index is 0.378. The molecule has 1 aromatic heterocycles. The first-order valence-corrected chi connectivity index (χ1v) is 10.6. The third kappa shape index (κ3) is 4.14.